The van der Waals surface area contributed by atoms with Crippen LogP contribution in [0.2, 0.25) is 0 Å². The molecule has 3 rings (SSSR count). The van der Waals surface area contributed by atoms with Crippen LogP contribution in [0.5, 0.6) is 0 Å². The van der Waals surface area contributed by atoms with Crippen molar-refractivity contribution in [1.82, 2.24) is 5.48 Å². The predicted molar refractivity (Wildman–Crippen MR) is 75.0 cm³/mol. The zero-order valence-electron chi connectivity index (χ0n) is 10.6. The van der Waals surface area contributed by atoms with Crippen LogP contribution in [0.4, 0.5) is 0 Å². The molecule has 3 heteroatoms. The molecule has 2 aromatic carbocycles. The van der Waals surface area contributed by atoms with Gasteiger partial charge in [0.25, 0.3) is 0 Å². The highest BCUT2D eigenvalue weighted by molar-refractivity contribution is 5.83. The van der Waals surface area contributed by atoms with E-state index in [1.165, 1.54) is 0 Å². The highest BCUT2D eigenvalue weighted by Gasteiger charge is 2.09. The second-order valence-electron chi connectivity index (χ2n) is 4.62. The molecule has 0 aliphatic heterocycles. The zero-order valence-corrected chi connectivity index (χ0v) is 10.6. The first kappa shape index (κ1) is 12.0. The smallest absolute Gasteiger partial charge is 0.135 e. The Morgan fingerprint density at radius 1 is 1.05 bits per heavy atom. The fourth-order valence-corrected chi connectivity index (χ4v) is 2.15. The Hall–Kier alpha value is -2.10. The molecular formula is C16H15NO2. The summed E-state index contributed by atoms with van der Waals surface area (Å²) in [6.07, 6.45) is 0. The monoisotopic (exact) mass is 253 g/mol. The van der Waals surface area contributed by atoms with Gasteiger partial charge in [-0.1, -0.05) is 36.4 Å². The fraction of sp³-hybridized carbons (Fsp3) is 0.125. The Morgan fingerprint density at radius 2 is 1.84 bits per heavy atom. The average Bonchev–Trinajstić information content (AvgIpc) is 2.90. The summed E-state index contributed by atoms with van der Waals surface area (Å²) in [6.45, 7) is 1.90. The third-order valence-electron chi connectivity index (χ3n) is 3.29. The molecule has 1 atom stereocenters. The summed E-state index contributed by atoms with van der Waals surface area (Å²) in [5, 5.41) is 10.0. The largest absolute Gasteiger partial charge is 0.456 e. The molecule has 0 saturated heterocycles. The summed E-state index contributed by atoms with van der Waals surface area (Å²) >= 11 is 0. The first-order valence-corrected chi connectivity index (χ1v) is 6.26. The molecule has 3 nitrogen and oxygen atoms in total. The molecule has 0 unspecified atom stereocenters. The lowest BCUT2D eigenvalue weighted by molar-refractivity contribution is 0.133. The molecule has 0 aliphatic carbocycles. The van der Waals surface area contributed by atoms with E-state index in [1.807, 2.05) is 61.5 Å². The zero-order chi connectivity index (χ0) is 13.2. The van der Waals surface area contributed by atoms with Crippen molar-refractivity contribution in [1.29, 1.82) is 0 Å². The molecule has 3 aromatic rings. The summed E-state index contributed by atoms with van der Waals surface area (Å²) in [7, 11) is 0. The van der Waals surface area contributed by atoms with Crippen LogP contribution >= 0.6 is 0 Å². The van der Waals surface area contributed by atoms with Gasteiger partial charge < -0.3 is 9.62 Å². The van der Waals surface area contributed by atoms with Crippen molar-refractivity contribution in [3.8, 4) is 11.3 Å². The van der Waals surface area contributed by atoms with E-state index in [0.29, 0.717) is 0 Å². The van der Waals surface area contributed by atoms with Gasteiger partial charge in [-0.25, -0.2) is 0 Å². The van der Waals surface area contributed by atoms with Crippen LogP contribution in [-0.4, -0.2) is 5.21 Å². The van der Waals surface area contributed by atoms with E-state index in [1.54, 1.807) is 0 Å². The van der Waals surface area contributed by atoms with Crippen molar-refractivity contribution in [2.24, 2.45) is 0 Å². The molecule has 2 N–H and O–H groups in total. The maximum Gasteiger partial charge on any atom is 0.135 e. The predicted octanol–water partition coefficient (Wildman–Crippen LogP) is 4.14. The number of hydrogen-bond donors (Lipinski definition) is 2. The Labute approximate surface area is 111 Å². The van der Waals surface area contributed by atoms with E-state index in [4.69, 9.17) is 9.62 Å². The molecular weight excluding hydrogens is 238 g/mol. The second-order valence-corrected chi connectivity index (χ2v) is 4.62. The van der Waals surface area contributed by atoms with Gasteiger partial charge in [-0.15, -0.1) is 0 Å². The van der Waals surface area contributed by atoms with Crippen LogP contribution in [0.15, 0.2) is 59.0 Å². The maximum absolute atomic E-state index is 8.97. The van der Waals surface area contributed by atoms with Crippen molar-refractivity contribution in [2.75, 3.05) is 0 Å². The van der Waals surface area contributed by atoms with E-state index in [9.17, 15) is 0 Å². The number of hydrogen-bond acceptors (Lipinski definition) is 3. The molecule has 19 heavy (non-hydrogen) atoms. The minimum Gasteiger partial charge on any atom is -0.456 e. The third-order valence-corrected chi connectivity index (χ3v) is 3.29. The van der Waals surface area contributed by atoms with Gasteiger partial charge in [0.1, 0.15) is 11.3 Å². The summed E-state index contributed by atoms with van der Waals surface area (Å²) in [5.41, 5.74) is 5.20. The number of rotatable bonds is 3. The van der Waals surface area contributed by atoms with E-state index in [0.717, 1.165) is 27.9 Å². The number of hydroxylamine groups is 1. The van der Waals surface area contributed by atoms with Gasteiger partial charge in [0.05, 0.1) is 6.04 Å². The van der Waals surface area contributed by atoms with Gasteiger partial charge in [-0.3, -0.25) is 0 Å². The minimum atomic E-state index is -0.0977. The van der Waals surface area contributed by atoms with Gasteiger partial charge in [0, 0.05) is 10.9 Å². The number of benzene rings is 2. The fourth-order valence-electron chi connectivity index (χ4n) is 2.15. The maximum atomic E-state index is 8.97. The topological polar surface area (TPSA) is 45.4 Å². The van der Waals surface area contributed by atoms with Crippen molar-refractivity contribution >= 4 is 11.0 Å². The lowest BCUT2D eigenvalue weighted by Gasteiger charge is -2.08. The highest BCUT2D eigenvalue weighted by atomic mass is 16.5. The quantitative estimate of drug-likeness (QED) is 0.689. The molecule has 0 spiro atoms. The SMILES string of the molecule is C[C@@H](NO)c1ccc2oc(-c3ccccc3)cc2c1. The van der Waals surface area contributed by atoms with Gasteiger partial charge in [-0.2, -0.15) is 5.48 Å². The van der Waals surface area contributed by atoms with Crippen LogP contribution in [0.25, 0.3) is 22.3 Å². The number of nitrogens with one attached hydrogen (secondary N) is 1. The lowest BCUT2D eigenvalue weighted by atomic mass is 10.1. The summed E-state index contributed by atoms with van der Waals surface area (Å²) < 4.78 is 5.84. The van der Waals surface area contributed by atoms with Gasteiger partial charge in [0.15, 0.2) is 0 Å². The summed E-state index contributed by atoms with van der Waals surface area (Å²) in [5.74, 6) is 0.859. The van der Waals surface area contributed by atoms with E-state index in [-0.39, 0.29) is 6.04 Å². The standard InChI is InChI=1S/C16H15NO2/c1-11(17-18)13-7-8-15-14(9-13)10-16(19-15)12-5-3-2-4-6-12/h2-11,17-18H,1H3/t11-/m1/s1. The Balaban J connectivity index is 2.06. The number of furan rings is 1. The van der Waals surface area contributed by atoms with Gasteiger partial charge in [-0.05, 0) is 30.7 Å². The van der Waals surface area contributed by atoms with Crippen molar-refractivity contribution in [3.63, 3.8) is 0 Å². The van der Waals surface area contributed by atoms with Crippen molar-refractivity contribution < 1.29 is 9.62 Å². The first-order valence-electron chi connectivity index (χ1n) is 6.26. The highest BCUT2D eigenvalue weighted by Crippen LogP contribution is 2.29. The minimum absolute atomic E-state index is 0.0977. The van der Waals surface area contributed by atoms with E-state index in [2.05, 4.69) is 5.48 Å². The lowest BCUT2D eigenvalue weighted by Crippen LogP contribution is -2.12. The summed E-state index contributed by atoms with van der Waals surface area (Å²) in [6, 6.07) is 17.9. The van der Waals surface area contributed by atoms with Crippen LogP contribution in [0.3, 0.4) is 0 Å². The van der Waals surface area contributed by atoms with Crippen LogP contribution in [0.1, 0.15) is 18.5 Å². The van der Waals surface area contributed by atoms with Crippen LogP contribution < -0.4 is 5.48 Å². The van der Waals surface area contributed by atoms with E-state index < -0.39 is 0 Å². The third kappa shape index (κ3) is 2.26. The first-order chi connectivity index (χ1) is 9.28. The second kappa shape index (κ2) is 4.88. The molecule has 0 amide bonds. The van der Waals surface area contributed by atoms with Crippen molar-refractivity contribution in [3.05, 3.63) is 60.2 Å². The van der Waals surface area contributed by atoms with Gasteiger partial charge in [0.2, 0.25) is 0 Å². The van der Waals surface area contributed by atoms with Crippen molar-refractivity contribution in [2.45, 2.75) is 13.0 Å². The van der Waals surface area contributed by atoms with E-state index >= 15 is 0 Å². The average molecular weight is 253 g/mol. The van der Waals surface area contributed by atoms with Crippen LogP contribution in [0, 0.1) is 0 Å². The molecule has 0 bridgehead atoms. The molecule has 1 heterocycles. The molecule has 96 valence electrons. The molecule has 0 radical (unpaired) electrons. The van der Waals surface area contributed by atoms with Gasteiger partial charge >= 0.3 is 0 Å². The summed E-state index contributed by atoms with van der Waals surface area (Å²) in [4.78, 5) is 0. The molecule has 0 fully saturated rings. The molecule has 0 saturated carbocycles. The normalized spacial score (nSPS) is 12.7. The Kier molecular flexibility index (Phi) is 3.07. The Bertz CT molecular complexity index is 688. The number of fused-ring (bicyclic) bond motifs is 1. The van der Waals surface area contributed by atoms with Crippen LogP contribution in [-0.2, 0) is 0 Å². The Morgan fingerprint density at radius 3 is 2.58 bits per heavy atom. The molecule has 0 aliphatic rings. The molecule has 1 aromatic heterocycles.